The van der Waals surface area contributed by atoms with Crippen molar-refractivity contribution in [3.8, 4) is 22.8 Å². The van der Waals surface area contributed by atoms with E-state index in [-0.39, 0.29) is 11.7 Å². The molecule has 0 saturated carbocycles. The van der Waals surface area contributed by atoms with E-state index in [4.69, 9.17) is 4.74 Å². The number of para-hydroxylation sites is 3. The number of aromatic amines is 1. The summed E-state index contributed by atoms with van der Waals surface area (Å²) in [5, 5.41) is 13.6. The fourth-order valence-electron chi connectivity index (χ4n) is 3.86. The second-order valence-corrected chi connectivity index (χ2v) is 8.71. The first kappa shape index (κ1) is 21.8. The summed E-state index contributed by atoms with van der Waals surface area (Å²) < 4.78 is 7.33. The van der Waals surface area contributed by atoms with Crippen molar-refractivity contribution in [2.24, 2.45) is 0 Å². The molecule has 0 saturated heterocycles. The molecule has 0 aliphatic heterocycles. The first-order valence-corrected chi connectivity index (χ1v) is 11.8. The standard InChI is InChI=1S/C26H23N5O2S/c1-17-8-7-9-18(14-17)31-25(20-15-27-21-11-4-3-10-19(20)21)29-30-26(31)34-16-24(32)28-22-12-5-6-13-23(22)33-2/h3-15,27H,16H2,1-2H3,(H,28,32). The van der Waals surface area contributed by atoms with E-state index in [2.05, 4.69) is 32.6 Å². The van der Waals surface area contributed by atoms with Crippen LogP contribution in [0.2, 0.25) is 0 Å². The monoisotopic (exact) mass is 469 g/mol. The molecule has 0 radical (unpaired) electrons. The molecule has 0 fully saturated rings. The molecule has 2 aromatic heterocycles. The zero-order chi connectivity index (χ0) is 23.5. The molecule has 8 heteroatoms. The number of benzene rings is 3. The largest absolute Gasteiger partial charge is 0.495 e. The normalized spacial score (nSPS) is 11.0. The van der Waals surface area contributed by atoms with E-state index in [9.17, 15) is 4.79 Å². The highest BCUT2D eigenvalue weighted by molar-refractivity contribution is 7.99. The van der Waals surface area contributed by atoms with Gasteiger partial charge in [0.25, 0.3) is 0 Å². The summed E-state index contributed by atoms with van der Waals surface area (Å²) in [5.41, 5.74) is 4.69. The summed E-state index contributed by atoms with van der Waals surface area (Å²) in [6.45, 7) is 2.05. The van der Waals surface area contributed by atoms with Gasteiger partial charge in [0.05, 0.1) is 18.6 Å². The number of amides is 1. The van der Waals surface area contributed by atoms with Crippen molar-refractivity contribution in [1.29, 1.82) is 0 Å². The van der Waals surface area contributed by atoms with E-state index in [0.717, 1.165) is 33.5 Å². The Kier molecular flexibility index (Phi) is 6.05. The van der Waals surface area contributed by atoms with Gasteiger partial charge in [-0.3, -0.25) is 9.36 Å². The number of carbonyl (C=O) groups is 1. The van der Waals surface area contributed by atoms with Crippen LogP contribution in [0, 0.1) is 6.92 Å². The molecule has 1 amide bonds. The van der Waals surface area contributed by atoms with Crippen molar-refractivity contribution >= 4 is 34.3 Å². The lowest BCUT2D eigenvalue weighted by molar-refractivity contribution is -0.113. The zero-order valence-corrected chi connectivity index (χ0v) is 19.6. The van der Waals surface area contributed by atoms with Gasteiger partial charge >= 0.3 is 0 Å². The molecule has 5 rings (SSSR count). The van der Waals surface area contributed by atoms with E-state index in [1.807, 2.05) is 78.4 Å². The molecular formula is C26H23N5O2S. The van der Waals surface area contributed by atoms with Crippen LogP contribution in [0.3, 0.4) is 0 Å². The molecule has 170 valence electrons. The van der Waals surface area contributed by atoms with Gasteiger partial charge in [-0.2, -0.15) is 0 Å². The van der Waals surface area contributed by atoms with Gasteiger partial charge in [0.15, 0.2) is 11.0 Å². The lowest BCUT2D eigenvalue weighted by atomic mass is 10.1. The number of aromatic nitrogens is 4. The molecule has 2 N–H and O–H groups in total. The molecule has 0 aliphatic rings. The average molecular weight is 470 g/mol. The van der Waals surface area contributed by atoms with Crippen LogP contribution in [-0.4, -0.2) is 38.5 Å². The Morgan fingerprint density at radius 3 is 2.74 bits per heavy atom. The quantitative estimate of drug-likeness (QED) is 0.309. The number of hydrogen-bond acceptors (Lipinski definition) is 5. The summed E-state index contributed by atoms with van der Waals surface area (Å²) in [7, 11) is 1.58. The van der Waals surface area contributed by atoms with Crippen LogP contribution in [0.4, 0.5) is 5.69 Å². The van der Waals surface area contributed by atoms with Crippen molar-refractivity contribution in [3.05, 3.63) is 84.6 Å². The number of carbonyl (C=O) groups excluding carboxylic acids is 1. The molecule has 5 aromatic rings. The Balaban J connectivity index is 1.47. The zero-order valence-electron chi connectivity index (χ0n) is 18.8. The summed E-state index contributed by atoms with van der Waals surface area (Å²) in [4.78, 5) is 16.0. The minimum Gasteiger partial charge on any atom is -0.495 e. The number of thioether (sulfide) groups is 1. The number of nitrogens with zero attached hydrogens (tertiary/aromatic N) is 3. The van der Waals surface area contributed by atoms with Gasteiger partial charge in [0.1, 0.15) is 5.75 Å². The number of hydrogen-bond donors (Lipinski definition) is 2. The van der Waals surface area contributed by atoms with Crippen LogP contribution >= 0.6 is 11.8 Å². The molecule has 3 aromatic carbocycles. The molecule has 7 nitrogen and oxygen atoms in total. The summed E-state index contributed by atoms with van der Waals surface area (Å²) in [5.74, 6) is 1.36. The summed E-state index contributed by atoms with van der Waals surface area (Å²) >= 11 is 1.34. The number of ether oxygens (including phenoxy) is 1. The number of aryl methyl sites for hydroxylation is 1. The third-order valence-electron chi connectivity index (χ3n) is 5.44. The topological polar surface area (TPSA) is 84.8 Å². The minimum atomic E-state index is -0.151. The predicted octanol–water partition coefficient (Wildman–Crippen LogP) is 5.46. The van der Waals surface area contributed by atoms with Crippen LogP contribution in [0.5, 0.6) is 5.75 Å². The SMILES string of the molecule is COc1ccccc1NC(=O)CSc1nnc(-c2c[nH]c3ccccc23)n1-c1cccc(C)c1. The van der Waals surface area contributed by atoms with E-state index in [0.29, 0.717) is 16.6 Å². The van der Waals surface area contributed by atoms with Crippen LogP contribution < -0.4 is 10.1 Å². The van der Waals surface area contributed by atoms with Gasteiger partial charge in [-0.25, -0.2) is 0 Å². The van der Waals surface area contributed by atoms with Crippen molar-refractivity contribution in [2.45, 2.75) is 12.1 Å². The van der Waals surface area contributed by atoms with Crippen LogP contribution in [0.1, 0.15) is 5.56 Å². The Labute approximate surface area is 201 Å². The maximum absolute atomic E-state index is 12.7. The minimum absolute atomic E-state index is 0.151. The smallest absolute Gasteiger partial charge is 0.234 e. The van der Waals surface area contributed by atoms with Crippen molar-refractivity contribution < 1.29 is 9.53 Å². The highest BCUT2D eigenvalue weighted by Crippen LogP contribution is 2.33. The molecule has 0 unspecified atom stereocenters. The Morgan fingerprint density at radius 1 is 1.06 bits per heavy atom. The number of rotatable bonds is 7. The predicted molar refractivity (Wildman–Crippen MR) is 136 cm³/mol. The maximum atomic E-state index is 12.7. The van der Waals surface area contributed by atoms with Crippen LogP contribution in [-0.2, 0) is 4.79 Å². The number of fused-ring (bicyclic) bond motifs is 1. The molecule has 2 heterocycles. The highest BCUT2D eigenvalue weighted by atomic mass is 32.2. The van der Waals surface area contributed by atoms with E-state index in [1.165, 1.54) is 11.8 Å². The fourth-order valence-corrected chi connectivity index (χ4v) is 4.61. The third kappa shape index (κ3) is 4.27. The third-order valence-corrected chi connectivity index (χ3v) is 6.37. The first-order chi connectivity index (χ1) is 16.6. The van der Waals surface area contributed by atoms with Gasteiger partial charge in [-0.1, -0.05) is 54.2 Å². The van der Waals surface area contributed by atoms with Gasteiger partial charge in [0.2, 0.25) is 5.91 Å². The van der Waals surface area contributed by atoms with Gasteiger partial charge in [0, 0.05) is 28.4 Å². The number of methoxy groups -OCH3 is 1. The molecule has 0 spiro atoms. The summed E-state index contributed by atoms with van der Waals surface area (Å²) in [6, 6.07) is 23.6. The number of H-pyrrole nitrogens is 1. The lowest BCUT2D eigenvalue weighted by Gasteiger charge is -2.12. The molecule has 34 heavy (non-hydrogen) atoms. The van der Waals surface area contributed by atoms with Crippen molar-refractivity contribution in [2.75, 3.05) is 18.2 Å². The van der Waals surface area contributed by atoms with E-state index >= 15 is 0 Å². The Morgan fingerprint density at radius 2 is 1.88 bits per heavy atom. The number of anilines is 1. The molecule has 0 atom stereocenters. The molecule has 0 aliphatic carbocycles. The van der Waals surface area contributed by atoms with Gasteiger partial charge in [-0.05, 0) is 42.8 Å². The lowest BCUT2D eigenvalue weighted by Crippen LogP contribution is -2.15. The summed E-state index contributed by atoms with van der Waals surface area (Å²) in [6.07, 6.45) is 1.95. The Bertz CT molecular complexity index is 1470. The van der Waals surface area contributed by atoms with Gasteiger partial charge in [-0.15, -0.1) is 10.2 Å². The Hall–Kier alpha value is -4.04. The van der Waals surface area contributed by atoms with Gasteiger partial charge < -0.3 is 15.0 Å². The molecular weight excluding hydrogens is 446 g/mol. The van der Waals surface area contributed by atoms with Crippen molar-refractivity contribution in [3.63, 3.8) is 0 Å². The average Bonchev–Trinajstić information content (AvgIpc) is 3.47. The van der Waals surface area contributed by atoms with E-state index in [1.54, 1.807) is 7.11 Å². The van der Waals surface area contributed by atoms with E-state index < -0.39 is 0 Å². The van der Waals surface area contributed by atoms with Crippen molar-refractivity contribution in [1.82, 2.24) is 19.7 Å². The second-order valence-electron chi connectivity index (χ2n) is 7.77. The van der Waals surface area contributed by atoms with Crippen LogP contribution in [0.25, 0.3) is 28.0 Å². The fraction of sp³-hybridized carbons (Fsp3) is 0.115. The number of nitrogens with one attached hydrogen (secondary N) is 2. The molecule has 0 bridgehead atoms. The first-order valence-electron chi connectivity index (χ1n) is 10.8. The highest BCUT2D eigenvalue weighted by Gasteiger charge is 2.20. The maximum Gasteiger partial charge on any atom is 0.234 e. The second kappa shape index (κ2) is 9.44. The van der Waals surface area contributed by atoms with Crippen LogP contribution in [0.15, 0.2) is 84.1 Å².